The average molecular weight is 264 g/mol. The summed E-state index contributed by atoms with van der Waals surface area (Å²) in [6.07, 6.45) is 1.85. The van der Waals surface area contributed by atoms with Gasteiger partial charge in [0, 0.05) is 12.3 Å². The number of rotatable bonds is 3. The summed E-state index contributed by atoms with van der Waals surface area (Å²) in [6.45, 7) is 3.27. The highest BCUT2D eigenvalue weighted by Gasteiger charge is 2.30. The predicted octanol–water partition coefficient (Wildman–Crippen LogP) is 1.58. The van der Waals surface area contributed by atoms with E-state index >= 15 is 0 Å². The first kappa shape index (κ1) is 13.7. The summed E-state index contributed by atoms with van der Waals surface area (Å²) in [5.74, 6) is 0.425. The molecule has 3 N–H and O–H groups in total. The van der Waals surface area contributed by atoms with E-state index in [1.807, 2.05) is 6.92 Å². The molecular weight excluding hydrogens is 244 g/mol. The third kappa shape index (κ3) is 3.17. The lowest BCUT2D eigenvalue weighted by molar-refractivity contribution is 0.0273. The van der Waals surface area contributed by atoms with E-state index in [0.29, 0.717) is 23.6 Å². The number of hydrogen-bond donors (Lipinski definition) is 2. The molecule has 1 aliphatic heterocycles. The Balaban J connectivity index is 2.15. The number of anilines is 1. The fourth-order valence-corrected chi connectivity index (χ4v) is 2.23. The number of benzene rings is 1. The summed E-state index contributed by atoms with van der Waals surface area (Å²) in [4.78, 5) is 12.3. The summed E-state index contributed by atoms with van der Waals surface area (Å²) >= 11 is 0. The number of carbonyl (C=O) groups is 1. The average Bonchev–Trinajstić information content (AvgIpc) is 2.39. The predicted molar refractivity (Wildman–Crippen MR) is 73.3 cm³/mol. The Kier molecular flexibility index (Phi) is 3.95. The number of methoxy groups -OCH3 is 1. The largest absolute Gasteiger partial charge is 0.497 e. The van der Waals surface area contributed by atoms with Crippen molar-refractivity contribution in [2.24, 2.45) is 0 Å². The van der Waals surface area contributed by atoms with Gasteiger partial charge in [0.05, 0.1) is 24.8 Å². The third-order valence-electron chi connectivity index (χ3n) is 3.36. The van der Waals surface area contributed by atoms with Crippen molar-refractivity contribution in [1.82, 2.24) is 5.32 Å². The smallest absolute Gasteiger partial charge is 0.254 e. The van der Waals surface area contributed by atoms with E-state index in [0.717, 1.165) is 19.4 Å². The minimum Gasteiger partial charge on any atom is -0.497 e. The molecule has 1 aliphatic rings. The van der Waals surface area contributed by atoms with Crippen LogP contribution in [-0.2, 0) is 4.74 Å². The van der Waals surface area contributed by atoms with Gasteiger partial charge in [-0.1, -0.05) is 0 Å². The van der Waals surface area contributed by atoms with E-state index in [-0.39, 0.29) is 11.4 Å². The summed E-state index contributed by atoms with van der Waals surface area (Å²) < 4.78 is 10.5. The zero-order chi connectivity index (χ0) is 13.9. The van der Waals surface area contributed by atoms with Crippen LogP contribution >= 0.6 is 0 Å². The van der Waals surface area contributed by atoms with Crippen LogP contribution in [-0.4, -0.2) is 31.8 Å². The number of carbonyl (C=O) groups excluding carboxylic acids is 1. The molecular formula is C14H20N2O3. The standard InChI is InChI=1S/C14H20N2O3/c1-14(6-3-7-19-9-14)16-13(17)11-8-10(18-2)4-5-12(11)15/h4-5,8H,3,6-7,9,15H2,1-2H3,(H,16,17). The van der Waals surface area contributed by atoms with Crippen molar-refractivity contribution < 1.29 is 14.3 Å². The molecule has 0 spiro atoms. The lowest BCUT2D eigenvalue weighted by Crippen LogP contribution is -2.51. The summed E-state index contributed by atoms with van der Waals surface area (Å²) in [5.41, 5.74) is 6.40. The fourth-order valence-electron chi connectivity index (χ4n) is 2.23. The van der Waals surface area contributed by atoms with Crippen molar-refractivity contribution in [1.29, 1.82) is 0 Å². The maximum Gasteiger partial charge on any atom is 0.254 e. The van der Waals surface area contributed by atoms with Crippen molar-refractivity contribution in [2.75, 3.05) is 26.1 Å². The van der Waals surface area contributed by atoms with Gasteiger partial charge in [0.1, 0.15) is 5.75 Å². The van der Waals surface area contributed by atoms with Crippen LogP contribution in [0.1, 0.15) is 30.1 Å². The SMILES string of the molecule is COc1ccc(N)c(C(=O)NC2(C)CCCOC2)c1. The summed E-state index contributed by atoms with van der Waals surface area (Å²) in [7, 11) is 1.56. The molecule has 0 saturated carbocycles. The van der Waals surface area contributed by atoms with Gasteiger partial charge in [-0.25, -0.2) is 0 Å². The minimum absolute atomic E-state index is 0.190. The Morgan fingerprint density at radius 3 is 2.95 bits per heavy atom. The Morgan fingerprint density at radius 2 is 2.32 bits per heavy atom. The second-order valence-corrected chi connectivity index (χ2v) is 5.12. The van der Waals surface area contributed by atoms with Crippen LogP contribution in [0.5, 0.6) is 5.75 Å². The van der Waals surface area contributed by atoms with Crippen LogP contribution in [0, 0.1) is 0 Å². The van der Waals surface area contributed by atoms with E-state index in [4.69, 9.17) is 15.2 Å². The highest BCUT2D eigenvalue weighted by Crippen LogP contribution is 2.22. The third-order valence-corrected chi connectivity index (χ3v) is 3.36. The van der Waals surface area contributed by atoms with Gasteiger partial charge in [-0.05, 0) is 38.0 Å². The first-order valence-electron chi connectivity index (χ1n) is 6.38. The van der Waals surface area contributed by atoms with Crippen LogP contribution in [0.25, 0.3) is 0 Å². The molecule has 5 nitrogen and oxygen atoms in total. The molecule has 1 atom stereocenters. The molecule has 1 aromatic rings. The molecule has 0 aliphatic carbocycles. The zero-order valence-electron chi connectivity index (χ0n) is 11.4. The van der Waals surface area contributed by atoms with Gasteiger partial charge in [-0.3, -0.25) is 4.79 Å². The Labute approximate surface area is 113 Å². The monoisotopic (exact) mass is 264 g/mol. The van der Waals surface area contributed by atoms with Gasteiger partial charge < -0.3 is 20.5 Å². The first-order valence-corrected chi connectivity index (χ1v) is 6.38. The van der Waals surface area contributed by atoms with Crippen LogP contribution in [0.4, 0.5) is 5.69 Å². The van der Waals surface area contributed by atoms with E-state index < -0.39 is 0 Å². The highest BCUT2D eigenvalue weighted by atomic mass is 16.5. The van der Waals surface area contributed by atoms with Crippen molar-refractivity contribution in [3.63, 3.8) is 0 Å². The highest BCUT2D eigenvalue weighted by molar-refractivity contribution is 6.00. The second-order valence-electron chi connectivity index (χ2n) is 5.12. The van der Waals surface area contributed by atoms with E-state index in [2.05, 4.69) is 5.32 Å². The number of nitrogens with two attached hydrogens (primary N) is 1. The molecule has 1 amide bonds. The first-order chi connectivity index (χ1) is 9.04. The van der Waals surface area contributed by atoms with E-state index in [1.165, 1.54) is 0 Å². The summed E-state index contributed by atoms with van der Waals surface area (Å²) in [6, 6.07) is 5.06. The lowest BCUT2D eigenvalue weighted by Gasteiger charge is -2.34. The van der Waals surface area contributed by atoms with Crippen LogP contribution in [0.15, 0.2) is 18.2 Å². The zero-order valence-corrected chi connectivity index (χ0v) is 11.4. The van der Waals surface area contributed by atoms with Crippen LogP contribution in [0.2, 0.25) is 0 Å². The van der Waals surface area contributed by atoms with Crippen molar-refractivity contribution >= 4 is 11.6 Å². The molecule has 1 aromatic carbocycles. The van der Waals surface area contributed by atoms with Gasteiger partial charge in [-0.2, -0.15) is 0 Å². The van der Waals surface area contributed by atoms with E-state index in [1.54, 1.807) is 25.3 Å². The number of nitrogens with one attached hydrogen (secondary N) is 1. The number of amides is 1. The Hall–Kier alpha value is -1.75. The normalized spacial score (nSPS) is 22.8. The van der Waals surface area contributed by atoms with Gasteiger partial charge in [0.2, 0.25) is 0 Å². The fraction of sp³-hybridized carbons (Fsp3) is 0.500. The molecule has 19 heavy (non-hydrogen) atoms. The Morgan fingerprint density at radius 1 is 1.53 bits per heavy atom. The minimum atomic E-state index is -0.329. The van der Waals surface area contributed by atoms with Crippen LogP contribution < -0.4 is 15.8 Å². The molecule has 1 fully saturated rings. The molecule has 1 saturated heterocycles. The van der Waals surface area contributed by atoms with Crippen molar-refractivity contribution in [3.8, 4) is 5.75 Å². The number of nitrogen functional groups attached to an aromatic ring is 1. The van der Waals surface area contributed by atoms with Gasteiger partial charge in [-0.15, -0.1) is 0 Å². The number of ether oxygens (including phenoxy) is 2. The molecule has 104 valence electrons. The summed E-state index contributed by atoms with van der Waals surface area (Å²) in [5, 5.41) is 3.00. The van der Waals surface area contributed by atoms with E-state index in [9.17, 15) is 4.79 Å². The quantitative estimate of drug-likeness (QED) is 0.813. The van der Waals surface area contributed by atoms with Crippen LogP contribution in [0.3, 0.4) is 0 Å². The topological polar surface area (TPSA) is 73.6 Å². The molecule has 2 rings (SSSR count). The van der Waals surface area contributed by atoms with Gasteiger partial charge >= 0.3 is 0 Å². The maximum absolute atomic E-state index is 12.3. The number of hydrogen-bond acceptors (Lipinski definition) is 4. The molecule has 0 aromatic heterocycles. The van der Waals surface area contributed by atoms with Gasteiger partial charge in [0.15, 0.2) is 0 Å². The van der Waals surface area contributed by atoms with Crippen molar-refractivity contribution in [2.45, 2.75) is 25.3 Å². The molecule has 1 heterocycles. The molecule has 5 heteroatoms. The molecule has 0 radical (unpaired) electrons. The molecule has 1 unspecified atom stereocenters. The second kappa shape index (κ2) is 5.48. The van der Waals surface area contributed by atoms with Crippen molar-refractivity contribution in [3.05, 3.63) is 23.8 Å². The van der Waals surface area contributed by atoms with Gasteiger partial charge in [0.25, 0.3) is 5.91 Å². The Bertz CT molecular complexity index is 468. The lowest BCUT2D eigenvalue weighted by atomic mass is 9.94. The molecule has 0 bridgehead atoms. The maximum atomic E-state index is 12.3.